The van der Waals surface area contributed by atoms with Crippen molar-refractivity contribution in [2.45, 2.75) is 20.3 Å². The Kier molecular flexibility index (Phi) is 7.81. The third kappa shape index (κ3) is 8.05. The van der Waals surface area contributed by atoms with Gasteiger partial charge in [0.05, 0.1) is 0 Å². The zero-order valence-corrected chi connectivity index (χ0v) is 10.3. The highest BCUT2D eigenvalue weighted by molar-refractivity contribution is 8.14. The van der Waals surface area contributed by atoms with Crippen molar-refractivity contribution in [1.29, 1.82) is 0 Å². The Balaban J connectivity index is 4.19. The molecule has 0 aromatic rings. The summed E-state index contributed by atoms with van der Waals surface area (Å²) >= 11 is 1.53. The van der Waals surface area contributed by atoms with Gasteiger partial charge in [-0.15, -0.1) is 18.3 Å². The van der Waals surface area contributed by atoms with Gasteiger partial charge in [-0.2, -0.15) is 0 Å². The van der Waals surface area contributed by atoms with Gasteiger partial charge in [0.1, 0.15) is 5.04 Å². The van der Waals surface area contributed by atoms with Gasteiger partial charge in [-0.25, -0.2) is 4.79 Å². The lowest BCUT2D eigenvalue weighted by Crippen LogP contribution is -2.17. The van der Waals surface area contributed by atoms with Crippen molar-refractivity contribution >= 4 is 22.9 Å². The molecule has 0 aliphatic rings. The predicted octanol–water partition coefficient (Wildman–Crippen LogP) is 2.62. The van der Waals surface area contributed by atoms with E-state index in [-0.39, 0.29) is 0 Å². The first-order valence-corrected chi connectivity index (χ1v) is 5.78. The summed E-state index contributed by atoms with van der Waals surface area (Å²) in [4.78, 5) is 15.4. The third-order valence-electron chi connectivity index (χ3n) is 1.39. The molecule has 1 amide bonds. The minimum absolute atomic E-state index is 0.481. The smallest absolute Gasteiger partial charge is 0.323 e. The maximum absolute atomic E-state index is 10.8. The first kappa shape index (κ1) is 14.0. The highest BCUT2D eigenvalue weighted by atomic mass is 32.2. The highest BCUT2D eigenvalue weighted by Crippen LogP contribution is 2.13. The first-order chi connectivity index (χ1) is 7.10. The number of carbonyl (C=O) groups is 1. The van der Waals surface area contributed by atoms with Crippen LogP contribution < -0.4 is 5.32 Å². The molecule has 5 heteroatoms. The SMILES string of the molecule is C=CCSC(CC(C)C)=NOC(=O)NC. The number of nitrogens with zero attached hydrogens (tertiary/aromatic N) is 1. The number of hydrogen-bond donors (Lipinski definition) is 1. The Bertz CT molecular complexity index is 240. The summed E-state index contributed by atoms with van der Waals surface area (Å²) in [5, 5.41) is 6.94. The summed E-state index contributed by atoms with van der Waals surface area (Å²) in [5.41, 5.74) is 0. The molecule has 0 rings (SSSR count). The van der Waals surface area contributed by atoms with E-state index in [1.807, 2.05) is 0 Å². The lowest BCUT2D eigenvalue weighted by atomic mass is 10.1. The number of hydrogen-bond acceptors (Lipinski definition) is 4. The molecule has 1 N–H and O–H groups in total. The molecule has 15 heavy (non-hydrogen) atoms. The number of nitrogens with one attached hydrogen (secondary N) is 1. The van der Waals surface area contributed by atoms with Crippen molar-refractivity contribution in [2.24, 2.45) is 11.1 Å². The second kappa shape index (κ2) is 8.35. The zero-order chi connectivity index (χ0) is 11.7. The lowest BCUT2D eigenvalue weighted by Gasteiger charge is -2.06. The maximum atomic E-state index is 10.8. The monoisotopic (exact) mass is 230 g/mol. The van der Waals surface area contributed by atoms with Crippen LogP contribution in [-0.4, -0.2) is 23.9 Å². The van der Waals surface area contributed by atoms with Gasteiger partial charge >= 0.3 is 6.09 Å². The fourth-order valence-electron chi connectivity index (χ4n) is 0.765. The summed E-state index contributed by atoms with van der Waals surface area (Å²) in [6.45, 7) is 7.80. The number of amides is 1. The van der Waals surface area contributed by atoms with Crippen LogP contribution in [0, 0.1) is 5.92 Å². The molecule has 0 spiro atoms. The first-order valence-electron chi connectivity index (χ1n) is 4.79. The van der Waals surface area contributed by atoms with Gasteiger partial charge in [0.15, 0.2) is 0 Å². The van der Waals surface area contributed by atoms with E-state index in [1.165, 1.54) is 18.8 Å². The minimum atomic E-state index is -0.546. The number of thioether (sulfide) groups is 1. The average molecular weight is 230 g/mol. The molecule has 4 nitrogen and oxygen atoms in total. The van der Waals surface area contributed by atoms with E-state index in [9.17, 15) is 4.79 Å². The molecule has 0 saturated carbocycles. The van der Waals surface area contributed by atoms with E-state index in [0.717, 1.165) is 17.2 Å². The van der Waals surface area contributed by atoms with Crippen molar-refractivity contribution in [3.05, 3.63) is 12.7 Å². The quantitative estimate of drug-likeness (QED) is 0.260. The van der Waals surface area contributed by atoms with Gasteiger partial charge in [0.2, 0.25) is 0 Å². The molecular weight excluding hydrogens is 212 g/mol. The fraction of sp³-hybridized carbons (Fsp3) is 0.600. The molecule has 0 aromatic carbocycles. The van der Waals surface area contributed by atoms with Gasteiger partial charge < -0.3 is 5.32 Å². The van der Waals surface area contributed by atoms with Gasteiger partial charge in [0, 0.05) is 19.2 Å². The van der Waals surface area contributed by atoms with Crippen LogP contribution >= 0.6 is 11.8 Å². The Morgan fingerprint density at radius 2 is 2.33 bits per heavy atom. The Labute approximate surface area is 95.1 Å². The van der Waals surface area contributed by atoms with Crippen LogP contribution in [0.3, 0.4) is 0 Å². The van der Waals surface area contributed by atoms with Crippen LogP contribution in [0.15, 0.2) is 17.8 Å². The standard InChI is InChI=1S/C10H18N2O2S/c1-5-6-15-9(7-8(2)3)12-14-10(13)11-4/h5,8H,1,6-7H2,2-4H3,(H,11,13). The van der Waals surface area contributed by atoms with E-state index in [1.54, 1.807) is 6.08 Å². The zero-order valence-electron chi connectivity index (χ0n) is 9.45. The van der Waals surface area contributed by atoms with Gasteiger partial charge in [0.25, 0.3) is 0 Å². The Morgan fingerprint density at radius 3 is 2.80 bits per heavy atom. The van der Waals surface area contributed by atoms with E-state index >= 15 is 0 Å². The molecule has 86 valence electrons. The third-order valence-corrected chi connectivity index (χ3v) is 2.36. The average Bonchev–Trinajstić information content (AvgIpc) is 2.20. The second-order valence-corrected chi connectivity index (χ2v) is 4.40. The van der Waals surface area contributed by atoms with E-state index in [4.69, 9.17) is 0 Å². The molecule has 0 unspecified atom stereocenters. The molecule has 0 radical (unpaired) electrons. The number of carbonyl (C=O) groups excluding carboxylic acids is 1. The summed E-state index contributed by atoms with van der Waals surface area (Å²) in [7, 11) is 1.50. The van der Waals surface area contributed by atoms with Gasteiger partial charge in [-0.1, -0.05) is 25.1 Å². The van der Waals surface area contributed by atoms with Crippen LogP contribution in [0.2, 0.25) is 0 Å². The van der Waals surface area contributed by atoms with Crippen molar-refractivity contribution < 1.29 is 9.63 Å². The maximum Gasteiger partial charge on any atom is 0.433 e. The van der Waals surface area contributed by atoms with Crippen LogP contribution in [0.25, 0.3) is 0 Å². The van der Waals surface area contributed by atoms with Crippen molar-refractivity contribution in [3.63, 3.8) is 0 Å². The van der Waals surface area contributed by atoms with Crippen molar-refractivity contribution in [2.75, 3.05) is 12.8 Å². The van der Waals surface area contributed by atoms with E-state index < -0.39 is 6.09 Å². The van der Waals surface area contributed by atoms with Crippen LogP contribution in [0.1, 0.15) is 20.3 Å². The number of oxime groups is 1. The van der Waals surface area contributed by atoms with Crippen LogP contribution in [-0.2, 0) is 4.84 Å². The van der Waals surface area contributed by atoms with Crippen molar-refractivity contribution in [3.8, 4) is 0 Å². The second-order valence-electron chi connectivity index (χ2n) is 3.31. The van der Waals surface area contributed by atoms with Crippen LogP contribution in [0.5, 0.6) is 0 Å². The number of rotatable bonds is 5. The normalized spacial score (nSPS) is 11.3. The summed E-state index contributed by atoms with van der Waals surface area (Å²) < 4.78 is 0. The minimum Gasteiger partial charge on any atom is -0.323 e. The Morgan fingerprint density at radius 1 is 1.67 bits per heavy atom. The molecule has 0 aliphatic heterocycles. The van der Waals surface area contributed by atoms with Gasteiger partial charge in [-0.3, -0.25) is 4.84 Å². The summed E-state index contributed by atoms with van der Waals surface area (Å²) in [6.07, 6.45) is 2.05. The summed E-state index contributed by atoms with van der Waals surface area (Å²) in [5.74, 6) is 1.25. The van der Waals surface area contributed by atoms with Crippen LogP contribution in [0.4, 0.5) is 4.79 Å². The highest BCUT2D eigenvalue weighted by Gasteiger charge is 2.05. The molecular formula is C10H18N2O2S. The molecule has 0 aliphatic carbocycles. The predicted molar refractivity (Wildman–Crippen MR) is 65.1 cm³/mol. The molecule has 0 saturated heterocycles. The summed E-state index contributed by atoms with van der Waals surface area (Å²) in [6, 6.07) is 0. The molecule has 0 atom stereocenters. The molecule has 0 bridgehead atoms. The molecule has 0 fully saturated rings. The van der Waals surface area contributed by atoms with E-state index in [0.29, 0.717) is 5.92 Å². The lowest BCUT2D eigenvalue weighted by molar-refractivity contribution is 0.153. The largest absolute Gasteiger partial charge is 0.433 e. The molecule has 0 aromatic heterocycles. The Hall–Kier alpha value is -0.970. The van der Waals surface area contributed by atoms with Gasteiger partial charge in [-0.05, 0) is 5.92 Å². The molecule has 0 heterocycles. The van der Waals surface area contributed by atoms with Crippen molar-refractivity contribution in [1.82, 2.24) is 5.32 Å². The topological polar surface area (TPSA) is 50.7 Å². The fourth-order valence-corrected chi connectivity index (χ4v) is 1.62. The van der Waals surface area contributed by atoms with E-state index in [2.05, 4.69) is 35.7 Å².